The zero-order chi connectivity index (χ0) is 15.4. The van der Waals surface area contributed by atoms with Gasteiger partial charge in [0.2, 0.25) is 0 Å². The summed E-state index contributed by atoms with van der Waals surface area (Å²) in [5, 5.41) is 0. The number of para-hydroxylation sites is 1. The molecule has 0 amide bonds. The number of likely N-dealkylation sites (tertiary alicyclic amines) is 1. The number of rotatable bonds is 5. The van der Waals surface area contributed by atoms with Crippen LogP contribution in [0, 0.1) is 0 Å². The molecule has 1 fully saturated rings. The predicted octanol–water partition coefficient (Wildman–Crippen LogP) is 2.55. The lowest BCUT2D eigenvalue weighted by molar-refractivity contribution is 0.339. The molecular formula is C19H25N3. The van der Waals surface area contributed by atoms with Crippen LogP contribution in [-0.4, -0.2) is 44.2 Å². The Morgan fingerprint density at radius 1 is 1.00 bits per heavy atom. The minimum absolute atomic E-state index is 0.240. The van der Waals surface area contributed by atoms with Crippen molar-refractivity contribution in [3.05, 3.63) is 66.2 Å². The van der Waals surface area contributed by atoms with E-state index in [2.05, 4.69) is 77.5 Å². The van der Waals surface area contributed by atoms with Crippen molar-refractivity contribution >= 4 is 5.69 Å². The summed E-state index contributed by atoms with van der Waals surface area (Å²) in [5.74, 6) is 0.461. The molecule has 2 aromatic carbocycles. The lowest BCUT2D eigenvalue weighted by Crippen LogP contribution is -2.33. The minimum Gasteiger partial charge on any atom is -0.373 e. The number of hydrogen-bond acceptors (Lipinski definition) is 3. The predicted molar refractivity (Wildman–Crippen MR) is 93.3 cm³/mol. The van der Waals surface area contributed by atoms with Crippen LogP contribution in [0.15, 0.2) is 60.7 Å². The molecule has 2 N–H and O–H groups in total. The van der Waals surface area contributed by atoms with E-state index in [1.165, 1.54) is 11.3 Å². The molecule has 0 aliphatic carbocycles. The average molecular weight is 295 g/mol. The second-order valence-electron chi connectivity index (χ2n) is 6.20. The first-order chi connectivity index (χ1) is 10.7. The van der Waals surface area contributed by atoms with Gasteiger partial charge in [-0.05, 0) is 17.7 Å². The Labute approximate surface area is 133 Å². The maximum absolute atomic E-state index is 6.36. The second kappa shape index (κ2) is 6.95. The lowest BCUT2D eigenvalue weighted by Gasteiger charge is -2.23. The summed E-state index contributed by atoms with van der Waals surface area (Å²) in [6.45, 7) is 4.14. The van der Waals surface area contributed by atoms with Gasteiger partial charge in [0, 0.05) is 50.9 Å². The number of benzene rings is 2. The van der Waals surface area contributed by atoms with Crippen molar-refractivity contribution in [1.29, 1.82) is 0 Å². The van der Waals surface area contributed by atoms with E-state index in [0.717, 1.165) is 26.2 Å². The average Bonchev–Trinajstić information content (AvgIpc) is 2.95. The van der Waals surface area contributed by atoms with Crippen molar-refractivity contribution in [2.24, 2.45) is 5.73 Å². The lowest BCUT2D eigenvalue weighted by atomic mass is 9.95. The maximum atomic E-state index is 6.36. The zero-order valence-corrected chi connectivity index (χ0v) is 13.2. The molecule has 0 unspecified atom stereocenters. The summed E-state index contributed by atoms with van der Waals surface area (Å²) in [6.07, 6.45) is 0. The van der Waals surface area contributed by atoms with E-state index in [0.29, 0.717) is 5.92 Å². The monoisotopic (exact) mass is 295 g/mol. The van der Waals surface area contributed by atoms with Gasteiger partial charge in [-0.2, -0.15) is 0 Å². The Morgan fingerprint density at radius 3 is 2.32 bits per heavy atom. The summed E-state index contributed by atoms with van der Waals surface area (Å²) < 4.78 is 0. The topological polar surface area (TPSA) is 32.5 Å². The molecule has 116 valence electrons. The molecular weight excluding hydrogens is 270 g/mol. The molecule has 2 aromatic rings. The molecule has 3 nitrogen and oxygen atoms in total. The van der Waals surface area contributed by atoms with Crippen molar-refractivity contribution in [2.75, 3.05) is 38.1 Å². The van der Waals surface area contributed by atoms with Gasteiger partial charge in [0.15, 0.2) is 0 Å². The Kier molecular flexibility index (Phi) is 4.76. The maximum Gasteiger partial charge on any atom is 0.0364 e. The third kappa shape index (κ3) is 3.49. The number of nitrogens with two attached hydrogens (primary N) is 1. The van der Waals surface area contributed by atoms with Gasteiger partial charge in [0.1, 0.15) is 0 Å². The number of anilines is 1. The van der Waals surface area contributed by atoms with E-state index in [9.17, 15) is 0 Å². The van der Waals surface area contributed by atoms with Crippen molar-refractivity contribution in [1.82, 2.24) is 4.90 Å². The van der Waals surface area contributed by atoms with Crippen LogP contribution in [-0.2, 0) is 0 Å². The van der Waals surface area contributed by atoms with Gasteiger partial charge < -0.3 is 10.6 Å². The molecule has 0 spiro atoms. The molecule has 3 rings (SSSR count). The molecule has 0 bridgehead atoms. The third-order valence-corrected chi connectivity index (χ3v) is 4.62. The van der Waals surface area contributed by atoms with Crippen LogP contribution in [0.4, 0.5) is 5.69 Å². The van der Waals surface area contributed by atoms with Crippen molar-refractivity contribution in [2.45, 2.75) is 12.0 Å². The van der Waals surface area contributed by atoms with Crippen LogP contribution in [0.2, 0.25) is 0 Å². The zero-order valence-electron chi connectivity index (χ0n) is 13.2. The molecule has 0 aromatic heterocycles. The molecule has 0 saturated carbocycles. The van der Waals surface area contributed by atoms with Gasteiger partial charge >= 0.3 is 0 Å². The molecule has 22 heavy (non-hydrogen) atoms. The Hall–Kier alpha value is -1.84. The molecule has 2 atom stereocenters. The van der Waals surface area contributed by atoms with E-state index < -0.39 is 0 Å². The third-order valence-electron chi connectivity index (χ3n) is 4.62. The summed E-state index contributed by atoms with van der Waals surface area (Å²) in [5.41, 5.74) is 9.00. The molecule has 1 heterocycles. The van der Waals surface area contributed by atoms with Crippen LogP contribution < -0.4 is 10.6 Å². The number of likely N-dealkylation sites (N-methyl/N-ethyl adjacent to an activating group) is 1. The molecule has 1 saturated heterocycles. The highest BCUT2D eigenvalue weighted by Crippen LogP contribution is 2.26. The van der Waals surface area contributed by atoms with Crippen LogP contribution in [0.5, 0.6) is 0 Å². The van der Waals surface area contributed by atoms with Crippen LogP contribution >= 0.6 is 0 Å². The van der Waals surface area contributed by atoms with E-state index >= 15 is 0 Å². The van der Waals surface area contributed by atoms with Gasteiger partial charge in [0.25, 0.3) is 0 Å². The summed E-state index contributed by atoms with van der Waals surface area (Å²) >= 11 is 0. The van der Waals surface area contributed by atoms with Crippen LogP contribution in [0.25, 0.3) is 0 Å². The fourth-order valence-corrected chi connectivity index (χ4v) is 3.25. The second-order valence-corrected chi connectivity index (χ2v) is 6.20. The van der Waals surface area contributed by atoms with Gasteiger partial charge in [-0.25, -0.2) is 0 Å². The highest BCUT2D eigenvalue weighted by atomic mass is 15.2. The first kappa shape index (κ1) is 15.1. The van der Waals surface area contributed by atoms with Gasteiger partial charge in [0.05, 0.1) is 0 Å². The SMILES string of the molecule is CN(CCN1C[C@@H](N)[C@H](c2ccccc2)C1)c1ccccc1. The summed E-state index contributed by atoms with van der Waals surface area (Å²) in [4.78, 5) is 4.79. The quantitative estimate of drug-likeness (QED) is 0.920. The Morgan fingerprint density at radius 2 is 1.64 bits per heavy atom. The Bertz CT molecular complexity index is 570. The van der Waals surface area contributed by atoms with Crippen LogP contribution in [0.1, 0.15) is 11.5 Å². The highest BCUT2D eigenvalue weighted by molar-refractivity contribution is 5.44. The fraction of sp³-hybridized carbons (Fsp3) is 0.368. The molecule has 3 heteroatoms. The minimum atomic E-state index is 0.240. The smallest absolute Gasteiger partial charge is 0.0364 e. The Balaban J connectivity index is 1.54. The van der Waals surface area contributed by atoms with E-state index in [-0.39, 0.29) is 6.04 Å². The number of nitrogens with zero attached hydrogens (tertiary/aromatic N) is 2. The van der Waals surface area contributed by atoms with E-state index in [4.69, 9.17) is 5.73 Å². The van der Waals surface area contributed by atoms with Gasteiger partial charge in [-0.3, -0.25) is 4.90 Å². The number of hydrogen-bond donors (Lipinski definition) is 1. The highest BCUT2D eigenvalue weighted by Gasteiger charge is 2.30. The van der Waals surface area contributed by atoms with E-state index in [1.807, 2.05) is 0 Å². The standard InChI is InChI=1S/C19H25N3/c1-21(17-10-6-3-7-11-17)12-13-22-14-18(19(20)15-22)16-8-4-2-5-9-16/h2-11,18-19H,12-15,20H2,1H3/t18-,19+/m0/s1. The largest absolute Gasteiger partial charge is 0.373 e. The molecule has 1 aliphatic rings. The first-order valence-corrected chi connectivity index (χ1v) is 8.03. The normalized spacial score (nSPS) is 21.9. The van der Waals surface area contributed by atoms with Crippen molar-refractivity contribution in [3.63, 3.8) is 0 Å². The molecule has 1 aliphatic heterocycles. The summed E-state index contributed by atoms with van der Waals surface area (Å²) in [7, 11) is 2.15. The van der Waals surface area contributed by atoms with Crippen LogP contribution in [0.3, 0.4) is 0 Å². The molecule has 0 radical (unpaired) electrons. The van der Waals surface area contributed by atoms with E-state index in [1.54, 1.807) is 0 Å². The fourth-order valence-electron chi connectivity index (χ4n) is 3.25. The van der Waals surface area contributed by atoms with Gasteiger partial charge in [-0.15, -0.1) is 0 Å². The summed E-state index contributed by atoms with van der Waals surface area (Å²) in [6, 6.07) is 21.5. The van der Waals surface area contributed by atoms with Crippen molar-refractivity contribution in [3.8, 4) is 0 Å². The van der Waals surface area contributed by atoms with Gasteiger partial charge in [-0.1, -0.05) is 48.5 Å². The first-order valence-electron chi connectivity index (χ1n) is 8.03. The van der Waals surface area contributed by atoms with Crippen molar-refractivity contribution < 1.29 is 0 Å².